The lowest BCUT2D eigenvalue weighted by molar-refractivity contribution is -0.137. The molecule has 3 rings (SSSR count). The molecule has 0 aromatic heterocycles. The third kappa shape index (κ3) is 3.90. The zero-order valence-corrected chi connectivity index (χ0v) is 14.0. The van der Waals surface area contributed by atoms with Crippen LogP contribution in [0.5, 0.6) is 5.75 Å². The number of carbonyl (C=O) groups is 1. The molecule has 0 spiro atoms. The van der Waals surface area contributed by atoms with E-state index in [1.54, 1.807) is 19.2 Å². The van der Waals surface area contributed by atoms with E-state index in [0.29, 0.717) is 12.2 Å². The molecule has 2 aromatic rings. The number of hydrogen-bond acceptors (Lipinski definition) is 2. The summed E-state index contributed by atoms with van der Waals surface area (Å²) in [5.41, 5.74) is -0.259. The van der Waals surface area contributed by atoms with Crippen LogP contribution >= 0.6 is 11.6 Å². The second-order valence-electron chi connectivity index (χ2n) is 5.90. The first-order chi connectivity index (χ1) is 11.8. The van der Waals surface area contributed by atoms with Crippen LogP contribution in [0.25, 0.3) is 0 Å². The van der Waals surface area contributed by atoms with Crippen LogP contribution in [0.4, 0.5) is 18.9 Å². The average Bonchev–Trinajstić information content (AvgIpc) is 3.36. The summed E-state index contributed by atoms with van der Waals surface area (Å²) in [6.45, 7) is 0. The number of alkyl halides is 3. The highest BCUT2D eigenvalue weighted by Crippen LogP contribution is 2.48. The second-order valence-corrected chi connectivity index (χ2v) is 6.34. The molecule has 132 valence electrons. The van der Waals surface area contributed by atoms with Crippen molar-refractivity contribution in [2.75, 3.05) is 12.4 Å². The van der Waals surface area contributed by atoms with Gasteiger partial charge in [-0.15, -0.1) is 0 Å². The average molecular weight is 370 g/mol. The Hall–Kier alpha value is -2.21. The number of nitrogens with one attached hydrogen (secondary N) is 1. The van der Waals surface area contributed by atoms with Crippen molar-refractivity contribution in [3.8, 4) is 5.75 Å². The van der Waals surface area contributed by atoms with Gasteiger partial charge in [-0.1, -0.05) is 23.7 Å². The highest BCUT2D eigenvalue weighted by Gasteiger charge is 2.44. The number of ether oxygens (including phenoxy) is 1. The third-order valence-electron chi connectivity index (χ3n) is 4.22. The Balaban J connectivity index is 1.72. The van der Waals surface area contributed by atoms with E-state index < -0.39 is 17.6 Å². The SMILES string of the molecule is COc1ccc(C2CC2C(=O)Nc2ccc(Cl)cc2C(F)(F)F)cc1. The molecule has 2 unspecified atom stereocenters. The van der Waals surface area contributed by atoms with Gasteiger partial charge >= 0.3 is 6.18 Å². The Morgan fingerprint density at radius 2 is 1.88 bits per heavy atom. The highest BCUT2D eigenvalue weighted by atomic mass is 35.5. The van der Waals surface area contributed by atoms with Gasteiger partial charge in [-0.05, 0) is 48.2 Å². The van der Waals surface area contributed by atoms with Gasteiger partial charge in [-0.2, -0.15) is 13.2 Å². The quantitative estimate of drug-likeness (QED) is 0.813. The van der Waals surface area contributed by atoms with Gasteiger partial charge in [0.05, 0.1) is 18.4 Å². The highest BCUT2D eigenvalue weighted by molar-refractivity contribution is 6.30. The van der Waals surface area contributed by atoms with Gasteiger partial charge in [-0.3, -0.25) is 4.79 Å². The Bertz CT molecular complexity index is 790. The van der Waals surface area contributed by atoms with Crippen LogP contribution in [0, 0.1) is 5.92 Å². The molecule has 1 saturated carbocycles. The minimum atomic E-state index is -4.59. The van der Waals surface area contributed by atoms with Crippen LogP contribution in [0.1, 0.15) is 23.5 Å². The maximum absolute atomic E-state index is 13.1. The first kappa shape index (κ1) is 17.6. The van der Waals surface area contributed by atoms with Crippen LogP contribution < -0.4 is 10.1 Å². The summed E-state index contributed by atoms with van der Waals surface area (Å²) in [6.07, 6.45) is -3.99. The number of hydrogen-bond donors (Lipinski definition) is 1. The summed E-state index contributed by atoms with van der Waals surface area (Å²) < 4.78 is 44.3. The minimum absolute atomic E-state index is 0.00698. The van der Waals surface area contributed by atoms with E-state index in [9.17, 15) is 18.0 Å². The van der Waals surface area contributed by atoms with Crippen LogP contribution in [0.15, 0.2) is 42.5 Å². The minimum Gasteiger partial charge on any atom is -0.497 e. The maximum Gasteiger partial charge on any atom is 0.418 e. The van der Waals surface area contributed by atoms with E-state index in [2.05, 4.69) is 5.32 Å². The fourth-order valence-corrected chi connectivity index (χ4v) is 2.96. The predicted octanol–water partition coefficient (Wildman–Crippen LogP) is 5.11. The van der Waals surface area contributed by atoms with Crippen LogP contribution in [-0.2, 0) is 11.0 Å². The molecule has 1 N–H and O–H groups in total. The maximum atomic E-state index is 13.1. The molecular weight excluding hydrogens is 355 g/mol. The number of benzene rings is 2. The number of anilines is 1. The molecule has 1 amide bonds. The largest absolute Gasteiger partial charge is 0.497 e. The van der Waals surface area contributed by atoms with Crippen molar-refractivity contribution >= 4 is 23.2 Å². The van der Waals surface area contributed by atoms with E-state index in [4.69, 9.17) is 16.3 Å². The number of rotatable bonds is 4. The van der Waals surface area contributed by atoms with Gasteiger partial charge in [0.2, 0.25) is 5.91 Å². The molecule has 0 heterocycles. The van der Waals surface area contributed by atoms with Crippen LogP contribution in [-0.4, -0.2) is 13.0 Å². The molecule has 3 nitrogen and oxygen atoms in total. The van der Waals surface area contributed by atoms with Crippen molar-refractivity contribution in [3.05, 3.63) is 58.6 Å². The molecule has 0 radical (unpaired) electrons. The Morgan fingerprint density at radius 3 is 2.48 bits per heavy atom. The lowest BCUT2D eigenvalue weighted by Gasteiger charge is -2.14. The summed E-state index contributed by atoms with van der Waals surface area (Å²) in [7, 11) is 1.56. The number of halogens is 4. The van der Waals surface area contributed by atoms with E-state index in [1.807, 2.05) is 12.1 Å². The van der Waals surface area contributed by atoms with Crippen molar-refractivity contribution in [3.63, 3.8) is 0 Å². The molecule has 1 aliphatic carbocycles. The van der Waals surface area contributed by atoms with Crippen molar-refractivity contribution in [2.24, 2.45) is 5.92 Å². The fraction of sp³-hybridized carbons (Fsp3) is 0.278. The van der Waals surface area contributed by atoms with Crippen molar-refractivity contribution < 1.29 is 22.7 Å². The van der Waals surface area contributed by atoms with Gasteiger partial charge in [0.15, 0.2) is 0 Å². The lowest BCUT2D eigenvalue weighted by atomic mass is 10.1. The third-order valence-corrected chi connectivity index (χ3v) is 4.45. The monoisotopic (exact) mass is 369 g/mol. The van der Waals surface area contributed by atoms with Gasteiger partial charge < -0.3 is 10.1 Å². The Labute approximate surface area is 147 Å². The summed E-state index contributed by atoms with van der Waals surface area (Å²) in [4.78, 5) is 12.3. The zero-order valence-electron chi connectivity index (χ0n) is 13.2. The number of methoxy groups -OCH3 is 1. The van der Waals surface area contributed by atoms with E-state index in [1.165, 1.54) is 12.1 Å². The Morgan fingerprint density at radius 1 is 1.20 bits per heavy atom. The molecule has 0 saturated heterocycles. The van der Waals surface area contributed by atoms with Crippen molar-refractivity contribution in [1.82, 2.24) is 0 Å². The second kappa shape index (κ2) is 6.59. The van der Waals surface area contributed by atoms with Gasteiger partial charge in [-0.25, -0.2) is 0 Å². The molecule has 0 bridgehead atoms. The summed E-state index contributed by atoms with van der Waals surface area (Å²) in [5, 5.41) is 2.35. The first-order valence-electron chi connectivity index (χ1n) is 7.61. The van der Waals surface area contributed by atoms with E-state index in [0.717, 1.165) is 11.6 Å². The van der Waals surface area contributed by atoms with Crippen LogP contribution in [0.2, 0.25) is 5.02 Å². The molecule has 2 atom stereocenters. The van der Waals surface area contributed by atoms with E-state index >= 15 is 0 Å². The summed E-state index contributed by atoms with van der Waals surface area (Å²) in [5.74, 6) is -0.0484. The molecule has 0 aliphatic heterocycles. The first-order valence-corrected chi connectivity index (χ1v) is 7.99. The van der Waals surface area contributed by atoms with Crippen LogP contribution in [0.3, 0.4) is 0 Å². The number of carbonyl (C=O) groups excluding carboxylic acids is 1. The van der Waals surface area contributed by atoms with Gasteiger partial charge in [0, 0.05) is 10.9 Å². The van der Waals surface area contributed by atoms with Gasteiger partial charge in [0.1, 0.15) is 5.75 Å². The normalized spacial score (nSPS) is 19.4. The number of amides is 1. The lowest BCUT2D eigenvalue weighted by Crippen LogP contribution is -2.18. The summed E-state index contributed by atoms with van der Waals surface area (Å²) in [6, 6.07) is 10.6. The molecule has 1 aliphatic rings. The van der Waals surface area contributed by atoms with Gasteiger partial charge in [0.25, 0.3) is 0 Å². The molecule has 1 fully saturated rings. The topological polar surface area (TPSA) is 38.3 Å². The smallest absolute Gasteiger partial charge is 0.418 e. The predicted molar refractivity (Wildman–Crippen MR) is 88.9 cm³/mol. The van der Waals surface area contributed by atoms with E-state index in [-0.39, 0.29) is 22.5 Å². The molecule has 7 heteroatoms. The standard InChI is InChI=1S/C18H15ClF3NO2/c1-25-12-5-2-10(3-6-12)13-9-14(13)17(24)23-16-7-4-11(19)8-15(16)18(20,21)22/h2-8,13-14H,9H2,1H3,(H,23,24). The molecule has 2 aromatic carbocycles. The molecule has 25 heavy (non-hydrogen) atoms. The summed E-state index contributed by atoms with van der Waals surface area (Å²) >= 11 is 5.64. The zero-order chi connectivity index (χ0) is 18.2. The molecular formula is C18H15ClF3NO2. The van der Waals surface area contributed by atoms with Crippen molar-refractivity contribution in [1.29, 1.82) is 0 Å². The fourth-order valence-electron chi connectivity index (χ4n) is 2.79. The Kier molecular flexibility index (Phi) is 4.64. The van der Waals surface area contributed by atoms with Crippen molar-refractivity contribution in [2.45, 2.75) is 18.5 Å².